The van der Waals surface area contributed by atoms with Crippen molar-refractivity contribution in [3.05, 3.63) is 46.7 Å². The molecule has 106 valence electrons. The molecule has 1 atom stereocenters. The first-order valence-corrected chi connectivity index (χ1v) is 7.11. The van der Waals surface area contributed by atoms with E-state index in [9.17, 15) is 0 Å². The second-order valence-electron chi connectivity index (χ2n) is 4.72. The van der Waals surface area contributed by atoms with Gasteiger partial charge in [-0.25, -0.2) is 9.97 Å². The fourth-order valence-electron chi connectivity index (χ4n) is 2.16. The molecule has 0 aliphatic rings. The zero-order chi connectivity index (χ0) is 14.5. The van der Waals surface area contributed by atoms with Crippen LogP contribution in [0.5, 0.6) is 0 Å². The lowest BCUT2D eigenvalue weighted by Gasteiger charge is -2.18. The predicted octanol–water partition coefficient (Wildman–Crippen LogP) is 3.84. The average Bonchev–Trinajstić information content (AvgIpc) is 2.43. The van der Waals surface area contributed by atoms with Crippen LogP contribution in [-0.2, 0) is 6.42 Å². The van der Waals surface area contributed by atoms with Gasteiger partial charge in [0.25, 0.3) is 0 Å². The van der Waals surface area contributed by atoms with Crippen molar-refractivity contribution in [1.82, 2.24) is 9.97 Å². The highest BCUT2D eigenvalue weighted by atomic mass is 35.5. The lowest BCUT2D eigenvalue weighted by atomic mass is 10.1. The summed E-state index contributed by atoms with van der Waals surface area (Å²) in [4.78, 5) is 8.36. The number of nitrogens with two attached hydrogens (primary N) is 1. The fourth-order valence-corrected chi connectivity index (χ4v) is 2.46. The molecule has 1 unspecified atom stereocenters. The standard InChI is InChI=1S/C15H19ClN4/c1-3-6-12-14(17)18-9-19-15(12)20-10(2)11-7-4-5-8-13(11)16/h4-5,7-10H,3,6H2,1-2H3,(H3,17,18,19,20). The number of hydrogen-bond donors (Lipinski definition) is 2. The summed E-state index contributed by atoms with van der Waals surface area (Å²) in [5.74, 6) is 1.32. The maximum absolute atomic E-state index is 6.22. The molecule has 0 fully saturated rings. The van der Waals surface area contributed by atoms with Crippen LogP contribution in [0.2, 0.25) is 5.02 Å². The summed E-state index contributed by atoms with van der Waals surface area (Å²) in [6.07, 6.45) is 3.33. The first kappa shape index (κ1) is 14.6. The molecule has 4 nitrogen and oxygen atoms in total. The summed E-state index contributed by atoms with van der Waals surface area (Å²) in [7, 11) is 0. The number of nitrogens with zero attached hydrogens (tertiary/aromatic N) is 2. The number of benzene rings is 1. The molecule has 0 bridgehead atoms. The first-order chi connectivity index (χ1) is 9.63. The Morgan fingerprint density at radius 3 is 2.75 bits per heavy atom. The molecule has 0 saturated carbocycles. The average molecular weight is 291 g/mol. The van der Waals surface area contributed by atoms with Crippen LogP contribution in [-0.4, -0.2) is 9.97 Å². The van der Waals surface area contributed by atoms with Crippen LogP contribution in [0.25, 0.3) is 0 Å². The Bertz CT molecular complexity index is 586. The summed E-state index contributed by atoms with van der Waals surface area (Å²) >= 11 is 6.22. The van der Waals surface area contributed by atoms with Crippen LogP contribution in [0.15, 0.2) is 30.6 Å². The Kier molecular flexibility index (Phi) is 4.79. The van der Waals surface area contributed by atoms with Crippen LogP contribution >= 0.6 is 11.6 Å². The van der Waals surface area contributed by atoms with Gasteiger partial charge in [-0.2, -0.15) is 0 Å². The van der Waals surface area contributed by atoms with Crippen molar-refractivity contribution < 1.29 is 0 Å². The van der Waals surface area contributed by atoms with E-state index >= 15 is 0 Å². The maximum Gasteiger partial charge on any atom is 0.135 e. The minimum atomic E-state index is 0.0496. The van der Waals surface area contributed by atoms with Gasteiger partial charge in [-0.1, -0.05) is 43.1 Å². The van der Waals surface area contributed by atoms with Gasteiger partial charge in [0.15, 0.2) is 0 Å². The fraction of sp³-hybridized carbons (Fsp3) is 0.333. The summed E-state index contributed by atoms with van der Waals surface area (Å²) in [6, 6.07) is 7.83. The van der Waals surface area contributed by atoms with Gasteiger partial charge in [-0.15, -0.1) is 0 Å². The molecule has 0 spiro atoms. The van der Waals surface area contributed by atoms with Crippen molar-refractivity contribution in [3.63, 3.8) is 0 Å². The zero-order valence-corrected chi connectivity index (χ0v) is 12.5. The number of hydrogen-bond acceptors (Lipinski definition) is 4. The Morgan fingerprint density at radius 1 is 1.30 bits per heavy atom. The molecular formula is C15H19ClN4. The van der Waals surface area contributed by atoms with Gasteiger partial charge in [0, 0.05) is 10.6 Å². The molecule has 1 aromatic carbocycles. The Hall–Kier alpha value is -1.81. The minimum absolute atomic E-state index is 0.0496. The van der Waals surface area contributed by atoms with Crippen LogP contribution < -0.4 is 11.1 Å². The normalized spacial score (nSPS) is 12.2. The van der Waals surface area contributed by atoms with E-state index in [1.807, 2.05) is 24.3 Å². The Balaban J connectivity index is 2.26. The van der Waals surface area contributed by atoms with Crippen molar-refractivity contribution in [1.29, 1.82) is 0 Å². The van der Waals surface area contributed by atoms with E-state index in [2.05, 4.69) is 29.1 Å². The molecule has 2 aromatic rings. The van der Waals surface area contributed by atoms with E-state index in [1.165, 1.54) is 6.33 Å². The largest absolute Gasteiger partial charge is 0.383 e. The van der Waals surface area contributed by atoms with Gasteiger partial charge in [-0.3, -0.25) is 0 Å². The molecule has 0 amide bonds. The monoisotopic (exact) mass is 290 g/mol. The summed E-state index contributed by atoms with van der Waals surface area (Å²) < 4.78 is 0. The number of rotatable bonds is 5. The lowest BCUT2D eigenvalue weighted by Crippen LogP contribution is -2.12. The lowest BCUT2D eigenvalue weighted by molar-refractivity contribution is 0.849. The third kappa shape index (κ3) is 3.20. The van der Waals surface area contributed by atoms with Crippen LogP contribution in [0.4, 0.5) is 11.6 Å². The van der Waals surface area contributed by atoms with E-state index in [-0.39, 0.29) is 6.04 Å². The van der Waals surface area contributed by atoms with Gasteiger partial charge in [0.1, 0.15) is 18.0 Å². The second kappa shape index (κ2) is 6.57. The van der Waals surface area contributed by atoms with Gasteiger partial charge in [0.05, 0.1) is 6.04 Å². The third-order valence-corrected chi connectivity index (χ3v) is 3.55. The molecule has 0 aliphatic heterocycles. The molecule has 1 heterocycles. The zero-order valence-electron chi connectivity index (χ0n) is 11.7. The van der Waals surface area contributed by atoms with Gasteiger partial charge < -0.3 is 11.1 Å². The van der Waals surface area contributed by atoms with Crippen LogP contribution in [0.3, 0.4) is 0 Å². The first-order valence-electron chi connectivity index (χ1n) is 6.73. The molecule has 0 aliphatic carbocycles. The highest BCUT2D eigenvalue weighted by Crippen LogP contribution is 2.27. The molecule has 20 heavy (non-hydrogen) atoms. The maximum atomic E-state index is 6.22. The van der Waals surface area contributed by atoms with Crippen LogP contribution in [0, 0.1) is 0 Å². The Morgan fingerprint density at radius 2 is 2.05 bits per heavy atom. The van der Waals surface area contributed by atoms with Gasteiger partial charge in [-0.05, 0) is 25.0 Å². The minimum Gasteiger partial charge on any atom is -0.383 e. The highest BCUT2D eigenvalue weighted by Gasteiger charge is 2.13. The van der Waals surface area contributed by atoms with Gasteiger partial charge >= 0.3 is 0 Å². The van der Waals surface area contributed by atoms with E-state index in [0.717, 1.165) is 34.8 Å². The molecule has 0 radical (unpaired) electrons. The summed E-state index contributed by atoms with van der Waals surface area (Å²) in [5.41, 5.74) is 7.94. The van der Waals surface area contributed by atoms with E-state index in [4.69, 9.17) is 17.3 Å². The number of anilines is 2. The van der Waals surface area contributed by atoms with Crippen molar-refractivity contribution in [2.45, 2.75) is 32.7 Å². The quantitative estimate of drug-likeness (QED) is 0.878. The van der Waals surface area contributed by atoms with E-state index in [1.54, 1.807) is 0 Å². The third-order valence-electron chi connectivity index (χ3n) is 3.20. The number of aromatic nitrogens is 2. The highest BCUT2D eigenvalue weighted by molar-refractivity contribution is 6.31. The van der Waals surface area contributed by atoms with Gasteiger partial charge in [0.2, 0.25) is 0 Å². The molecule has 3 N–H and O–H groups in total. The number of nitrogen functional groups attached to an aromatic ring is 1. The molecular weight excluding hydrogens is 272 g/mol. The van der Waals surface area contributed by atoms with E-state index < -0.39 is 0 Å². The number of halogens is 1. The van der Waals surface area contributed by atoms with E-state index in [0.29, 0.717) is 5.82 Å². The van der Waals surface area contributed by atoms with Crippen molar-refractivity contribution >= 4 is 23.2 Å². The number of nitrogens with one attached hydrogen (secondary N) is 1. The van der Waals surface area contributed by atoms with Crippen molar-refractivity contribution in [3.8, 4) is 0 Å². The van der Waals surface area contributed by atoms with Crippen molar-refractivity contribution in [2.24, 2.45) is 0 Å². The molecule has 1 aromatic heterocycles. The SMILES string of the molecule is CCCc1c(N)ncnc1NC(C)c1ccccc1Cl. The van der Waals surface area contributed by atoms with Crippen molar-refractivity contribution in [2.75, 3.05) is 11.1 Å². The molecule has 0 saturated heterocycles. The summed E-state index contributed by atoms with van der Waals surface area (Å²) in [6.45, 7) is 4.16. The second-order valence-corrected chi connectivity index (χ2v) is 5.13. The van der Waals surface area contributed by atoms with Crippen LogP contribution in [0.1, 0.15) is 37.4 Å². The molecule has 5 heteroatoms. The summed E-state index contributed by atoms with van der Waals surface area (Å²) in [5, 5.41) is 4.12. The smallest absolute Gasteiger partial charge is 0.135 e. The topological polar surface area (TPSA) is 63.8 Å². The predicted molar refractivity (Wildman–Crippen MR) is 83.9 cm³/mol. The molecule has 2 rings (SSSR count). The Labute approximate surface area is 124 Å².